The largest absolute Gasteiger partial charge is 0.298 e. The van der Waals surface area contributed by atoms with E-state index in [0.717, 1.165) is 31.5 Å². The predicted octanol–water partition coefficient (Wildman–Crippen LogP) is 3.81. The summed E-state index contributed by atoms with van der Waals surface area (Å²) >= 11 is 1.71. The molecule has 0 saturated carbocycles. The first-order valence-corrected chi connectivity index (χ1v) is 8.55. The molecular weight excluding hydrogens is 304 g/mol. The fourth-order valence-electron chi connectivity index (χ4n) is 3.03. The quantitative estimate of drug-likeness (QED) is 0.516. The number of hydrogen-bond acceptors (Lipinski definition) is 2. The Hall–Kier alpha value is -1.75. The molecule has 0 unspecified atom stereocenters. The summed E-state index contributed by atoms with van der Waals surface area (Å²) in [5, 5.41) is 1.72. The summed E-state index contributed by atoms with van der Waals surface area (Å²) in [6.07, 6.45) is 0. The highest BCUT2D eigenvalue weighted by molar-refractivity contribution is 7.24. The summed E-state index contributed by atoms with van der Waals surface area (Å²) in [5.74, 6) is 0. The van der Waals surface area contributed by atoms with Gasteiger partial charge in [0.2, 0.25) is 5.43 Å². The maximum atomic E-state index is 13.4. The van der Waals surface area contributed by atoms with Crippen LogP contribution in [0, 0.1) is 0 Å². The molecule has 0 saturated heterocycles. The van der Waals surface area contributed by atoms with E-state index in [-0.39, 0.29) is 5.43 Å². The van der Waals surface area contributed by atoms with E-state index in [1.54, 1.807) is 11.3 Å². The Bertz CT molecular complexity index is 884. The lowest BCUT2D eigenvalue weighted by Crippen LogP contribution is -2.36. The number of benzene rings is 2. The molecule has 3 rings (SSSR count). The van der Waals surface area contributed by atoms with Gasteiger partial charge in [-0.2, -0.15) is 0 Å². The predicted molar refractivity (Wildman–Crippen MR) is 105 cm³/mol. The molecule has 0 spiro atoms. The highest BCUT2D eigenvalue weighted by Gasteiger charge is 2.24. The summed E-state index contributed by atoms with van der Waals surface area (Å²) in [7, 11) is 12.6. The molecule has 3 aromatic rings. The Kier molecular flexibility index (Phi) is 3.59. The second kappa shape index (κ2) is 5.13. The SMILES string of the molecule is C[N+](C)(C)c1cccc2sc3cccc([N+](C)(C)C)c3c(=O)c12. The molecule has 23 heavy (non-hydrogen) atoms. The van der Waals surface area contributed by atoms with E-state index >= 15 is 0 Å². The van der Waals surface area contributed by atoms with Crippen molar-refractivity contribution >= 4 is 42.9 Å². The molecule has 0 aliphatic rings. The van der Waals surface area contributed by atoms with Crippen LogP contribution in [-0.2, 0) is 0 Å². The van der Waals surface area contributed by atoms with Crippen LogP contribution in [0.4, 0.5) is 11.4 Å². The number of nitrogens with zero attached hydrogens (tertiary/aromatic N) is 2. The number of fused-ring (bicyclic) bond motifs is 2. The Balaban J connectivity index is 2.58. The first-order valence-electron chi connectivity index (χ1n) is 7.73. The molecule has 0 aliphatic carbocycles. The molecule has 0 fully saturated rings. The fourth-order valence-corrected chi connectivity index (χ4v) is 4.16. The van der Waals surface area contributed by atoms with Crippen molar-refractivity contribution in [3.05, 3.63) is 46.6 Å². The lowest BCUT2D eigenvalue weighted by molar-refractivity contribution is 0.489. The molecule has 0 aliphatic heterocycles. The molecule has 0 atom stereocenters. The number of rotatable bonds is 2. The van der Waals surface area contributed by atoms with Crippen LogP contribution in [0.15, 0.2) is 41.2 Å². The lowest BCUT2D eigenvalue weighted by atomic mass is 10.1. The smallest absolute Gasteiger partial charge is 0.207 e. The normalized spacial score (nSPS) is 13.0. The van der Waals surface area contributed by atoms with Crippen LogP contribution < -0.4 is 14.4 Å². The third-order valence-corrected chi connectivity index (χ3v) is 5.25. The first kappa shape index (κ1) is 16.1. The average molecular weight is 328 g/mol. The Morgan fingerprint density at radius 1 is 0.696 bits per heavy atom. The summed E-state index contributed by atoms with van der Waals surface area (Å²) < 4.78 is 3.40. The first-order chi connectivity index (χ1) is 10.6. The van der Waals surface area contributed by atoms with Crippen molar-refractivity contribution in [1.82, 2.24) is 8.97 Å². The van der Waals surface area contributed by atoms with E-state index in [4.69, 9.17) is 0 Å². The van der Waals surface area contributed by atoms with Crippen molar-refractivity contribution in [2.45, 2.75) is 0 Å². The lowest BCUT2D eigenvalue weighted by Gasteiger charge is -2.26. The van der Waals surface area contributed by atoms with Gasteiger partial charge in [0.25, 0.3) is 0 Å². The molecule has 1 aromatic heterocycles. The van der Waals surface area contributed by atoms with Crippen LogP contribution in [0.1, 0.15) is 0 Å². The molecule has 120 valence electrons. The number of hydrogen-bond donors (Lipinski definition) is 0. The van der Waals surface area contributed by atoms with E-state index in [9.17, 15) is 4.79 Å². The van der Waals surface area contributed by atoms with E-state index in [0.29, 0.717) is 8.97 Å². The second-order valence-electron chi connectivity index (χ2n) is 7.76. The van der Waals surface area contributed by atoms with Gasteiger partial charge >= 0.3 is 0 Å². The highest BCUT2D eigenvalue weighted by Crippen LogP contribution is 2.35. The molecule has 2 aromatic carbocycles. The highest BCUT2D eigenvalue weighted by atomic mass is 32.1. The van der Waals surface area contributed by atoms with Crippen molar-refractivity contribution in [2.24, 2.45) is 0 Å². The molecule has 4 heteroatoms. The van der Waals surface area contributed by atoms with Crippen LogP contribution in [0.3, 0.4) is 0 Å². The van der Waals surface area contributed by atoms with Gasteiger partial charge in [-0.3, -0.25) is 13.8 Å². The minimum absolute atomic E-state index is 0.154. The van der Waals surface area contributed by atoms with E-state index in [1.807, 2.05) is 12.1 Å². The van der Waals surface area contributed by atoms with Crippen LogP contribution in [0.5, 0.6) is 0 Å². The zero-order valence-electron chi connectivity index (χ0n) is 14.7. The van der Waals surface area contributed by atoms with Gasteiger partial charge in [0.05, 0.1) is 42.3 Å². The second-order valence-corrected chi connectivity index (χ2v) is 8.84. The van der Waals surface area contributed by atoms with E-state index < -0.39 is 0 Å². The third kappa shape index (κ3) is 2.67. The Morgan fingerprint density at radius 2 is 1.09 bits per heavy atom. The fraction of sp³-hybridized carbons (Fsp3) is 0.316. The summed E-state index contributed by atoms with van der Waals surface area (Å²) in [6.45, 7) is 0. The standard InChI is InChI=1S/C19H24N2OS/c1-20(2,3)13-9-7-11-15-17(13)19(22)18-14(21(4,5)6)10-8-12-16(18)23-15/h7-12H,1-6H3/q+2. The molecule has 3 nitrogen and oxygen atoms in total. The van der Waals surface area contributed by atoms with Crippen molar-refractivity contribution in [3.8, 4) is 0 Å². The van der Waals surface area contributed by atoms with Crippen LogP contribution in [-0.4, -0.2) is 42.3 Å². The molecule has 1 heterocycles. The van der Waals surface area contributed by atoms with Gasteiger partial charge in [-0.25, -0.2) is 0 Å². The van der Waals surface area contributed by atoms with E-state index in [1.165, 1.54) is 0 Å². The number of quaternary nitrogens is 2. The van der Waals surface area contributed by atoms with Gasteiger partial charge in [0, 0.05) is 9.40 Å². The topological polar surface area (TPSA) is 17.1 Å². The van der Waals surface area contributed by atoms with E-state index in [2.05, 4.69) is 66.6 Å². The van der Waals surface area contributed by atoms with Crippen LogP contribution >= 0.6 is 11.3 Å². The maximum Gasteiger partial charge on any atom is 0.207 e. The van der Waals surface area contributed by atoms with Gasteiger partial charge < -0.3 is 0 Å². The van der Waals surface area contributed by atoms with Gasteiger partial charge in [-0.15, -0.1) is 11.3 Å². The summed E-state index contributed by atoms with van der Waals surface area (Å²) in [5.41, 5.74) is 2.30. The van der Waals surface area contributed by atoms with Crippen LogP contribution in [0.2, 0.25) is 0 Å². The van der Waals surface area contributed by atoms with Gasteiger partial charge in [0.15, 0.2) is 0 Å². The van der Waals surface area contributed by atoms with Crippen LogP contribution in [0.25, 0.3) is 20.2 Å². The minimum atomic E-state index is 0.154. The molecule has 0 amide bonds. The summed E-state index contributed by atoms with van der Waals surface area (Å²) in [4.78, 5) is 13.4. The third-order valence-electron chi connectivity index (χ3n) is 4.13. The zero-order chi connectivity index (χ0) is 17.0. The van der Waals surface area contributed by atoms with Gasteiger partial charge in [-0.1, -0.05) is 12.1 Å². The molecular formula is C19H24N2OS+2. The van der Waals surface area contributed by atoms with Crippen molar-refractivity contribution in [3.63, 3.8) is 0 Å². The maximum absolute atomic E-state index is 13.4. The van der Waals surface area contributed by atoms with Crippen molar-refractivity contribution in [2.75, 3.05) is 42.3 Å². The molecule has 0 N–H and O–H groups in total. The van der Waals surface area contributed by atoms with Gasteiger partial charge in [0.1, 0.15) is 22.1 Å². The van der Waals surface area contributed by atoms with Crippen molar-refractivity contribution < 1.29 is 0 Å². The minimum Gasteiger partial charge on any atom is -0.298 e. The monoisotopic (exact) mass is 328 g/mol. The molecule has 0 bridgehead atoms. The zero-order valence-corrected chi connectivity index (χ0v) is 15.5. The average Bonchev–Trinajstić information content (AvgIpc) is 2.44. The molecule has 0 radical (unpaired) electrons. The van der Waals surface area contributed by atoms with Gasteiger partial charge in [-0.05, 0) is 24.3 Å². The van der Waals surface area contributed by atoms with Crippen molar-refractivity contribution in [1.29, 1.82) is 0 Å². The Morgan fingerprint density at radius 3 is 1.43 bits per heavy atom. The summed E-state index contributed by atoms with van der Waals surface area (Å²) in [6, 6.07) is 12.3. The Labute approximate surface area is 141 Å².